The number of pyridine rings is 1. The fraction of sp³-hybridized carbons (Fsp3) is 0.250. The summed E-state index contributed by atoms with van der Waals surface area (Å²) < 4.78 is 49.5. The summed E-state index contributed by atoms with van der Waals surface area (Å²) in [6.07, 6.45) is 6.55. The quantitative estimate of drug-likeness (QED) is 0.167. The van der Waals surface area contributed by atoms with Gasteiger partial charge in [-0.1, -0.05) is 59.3 Å². The third-order valence-corrected chi connectivity index (χ3v) is 8.70. The van der Waals surface area contributed by atoms with Crippen LogP contribution in [0.2, 0.25) is 5.02 Å². The number of nitrogens with zero attached hydrogens (tertiary/aromatic N) is 5. The van der Waals surface area contributed by atoms with Crippen LogP contribution in [0.3, 0.4) is 0 Å². The Hall–Kier alpha value is -4.53. The zero-order chi connectivity index (χ0) is 31.8. The molecule has 1 unspecified atom stereocenters. The topological polar surface area (TPSA) is 126 Å². The lowest BCUT2D eigenvalue weighted by molar-refractivity contribution is 0.595. The fourth-order valence-corrected chi connectivity index (χ4v) is 5.97. The van der Waals surface area contributed by atoms with Crippen molar-refractivity contribution in [2.75, 3.05) is 22.6 Å². The van der Waals surface area contributed by atoms with Crippen LogP contribution in [-0.4, -0.2) is 40.4 Å². The number of anilines is 2. The Morgan fingerprint density at radius 2 is 1.89 bits per heavy atom. The Labute approximate surface area is 261 Å². The van der Waals surface area contributed by atoms with Crippen molar-refractivity contribution >= 4 is 43.7 Å². The lowest BCUT2D eigenvalue weighted by Gasteiger charge is -2.23. The first-order valence-electron chi connectivity index (χ1n) is 14.5. The molecule has 6 rings (SSSR count). The van der Waals surface area contributed by atoms with Gasteiger partial charge >= 0.3 is 0 Å². The zero-order valence-electron chi connectivity index (χ0n) is 24.7. The number of hydrogen-bond acceptors (Lipinski definition) is 8. The van der Waals surface area contributed by atoms with Crippen LogP contribution >= 0.6 is 11.6 Å². The van der Waals surface area contributed by atoms with Crippen molar-refractivity contribution in [1.82, 2.24) is 20.0 Å². The lowest BCUT2D eigenvalue weighted by atomic mass is 10.0. The van der Waals surface area contributed by atoms with Gasteiger partial charge < -0.3 is 10.6 Å². The van der Waals surface area contributed by atoms with Crippen LogP contribution in [0.15, 0.2) is 79.1 Å². The van der Waals surface area contributed by atoms with Crippen molar-refractivity contribution in [3.63, 3.8) is 0 Å². The smallest absolute Gasteiger partial charge is 0.147 e. The van der Waals surface area contributed by atoms with Crippen molar-refractivity contribution < 1.29 is 14.2 Å². The Morgan fingerprint density at radius 1 is 1.14 bits per heavy atom. The van der Waals surface area contributed by atoms with Crippen LogP contribution in [0.4, 0.5) is 15.8 Å². The molecule has 224 valence electrons. The van der Waals surface area contributed by atoms with Gasteiger partial charge in [0.1, 0.15) is 27.4 Å². The van der Waals surface area contributed by atoms with Crippen LogP contribution in [0.5, 0.6) is 0 Å². The maximum atomic E-state index is 13.9. The molecule has 3 aromatic carbocycles. The van der Waals surface area contributed by atoms with Crippen LogP contribution in [0.1, 0.15) is 61.1 Å². The average molecular weight is 631 g/mol. The van der Waals surface area contributed by atoms with Crippen molar-refractivity contribution in [2.45, 2.75) is 37.4 Å². The molecule has 1 aliphatic rings. The molecule has 12 heteroatoms. The highest BCUT2D eigenvalue weighted by atomic mass is 35.5. The SMILES string of the molecule is [2H]C(Nc1cc(Cl)c2ncc(C#N)c(N[C@H](CCS(C)(=O)=O)c3ccccc3)c2c1)(c1ccc(F)cc1)c1cn(C2CC2)nn1. The van der Waals surface area contributed by atoms with Crippen molar-refractivity contribution in [1.29, 1.82) is 5.26 Å². The standard InChI is InChI=1S/C32H29ClFN7O2S/c1-44(42,43)14-13-28(20-5-3-2-4-6-20)38-30-22(17-35)18-36-32-26(30)15-24(16-27(32)33)37-31(21-7-9-23(34)10-8-21)29-19-41(40-39-29)25-11-12-25/h2-10,15-16,18-19,25,28,31,37H,11-14H2,1H3,(H,36,38)/t28-,31?/m1/s1/i31D. The molecular formula is C32H29ClFN7O2S. The fourth-order valence-electron chi connectivity index (χ4n) is 5.04. The Morgan fingerprint density at radius 3 is 2.57 bits per heavy atom. The molecule has 1 aliphatic carbocycles. The van der Waals surface area contributed by atoms with E-state index < -0.39 is 27.7 Å². The molecule has 0 bridgehead atoms. The third kappa shape index (κ3) is 6.67. The first-order chi connectivity index (χ1) is 21.5. The van der Waals surface area contributed by atoms with E-state index in [1.54, 1.807) is 23.0 Å². The molecule has 2 N–H and O–H groups in total. The predicted octanol–water partition coefficient (Wildman–Crippen LogP) is 6.61. The molecule has 0 saturated heterocycles. The molecular weight excluding hydrogens is 601 g/mol. The summed E-state index contributed by atoms with van der Waals surface area (Å²) in [6.45, 7) is 0. The second kappa shape index (κ2) is 12.2. The molecule has 0 radical (unpaired) electrons. The summed E-state index contributed by atoms with van der Waals surface area (Å²) in [4.78, 5) is 4.44. The van der Waals surface area contributed by atoms with Gasteiger partial charge in [0.15, 0.2) is 0 Å². The largest absolute Gasteiger partial charge is 0.377 e. The summed E-state index contributed by atoms with van der Waals surface area (Å²) in [5, 5.41) is 26.0. The van der Waals surface area contributed by atoms with Crippen LogP contribution in [0, 0.1) is 17.1 Å². The highest BCUT2D eigenvalue weighted by Crippen LogP contribution is 2.38. The number of rotatable bonds is 11. The van der Waals surface area contributed by atoms with E-state index in [1.165, 1.54) is 36.7 Å². The Balaban J connectivity index is 1.45. The van der Waals surface area contributed by atoms with Gasteiger partial charge in [-0.3, -0.25) is 4.98 Å². The number of hydrogen-bond donors (Lipinski definition) is 2. The van der Waals surface area contributed by atoms with Crippen LogP contribution < -0.4 is 10.6 Å². The molecule has 1 fully saturated rings. The number of nitrogens with one attached hydrogen (secondary N) is 2. The van der Waals surface area contributed by atoms with Crippen molar-refractivity contribution in [3.05, 3.63) is 112 Å². The molecule has 1 saturated carbocycles. The average Bonchev–Trinajstić information content (AvgIpc) is 3.74. The minimum Gasteiger partial charge on any atom is -0.377 e. The van der Waals surface area contributed by atoms with Crippen molar-refractivity contribution in [3.8, 4) is 6.07 Å². The summed E-state index contributed by atoms with van der Waals surface area (Å²) in [5.41, 5.74) is 3.07. The molecule has 9 nitrogen and oxygen atoms in total. The minimum absolute atomic E-state index is 0.0708. The van der Waals surface area contributed by atoms with Crippen LogP contribution in [-0.2, 0) is 9.84 Å². The highest BCUT2D eigenvalue weighted by Gasteiger charge is 2.27. The normalized spacial score (nSPS) is 15.6. The van der Waals surface area contributed by atoms with Crippen LogP contribution in [0.25, 0.3) is 10.9 Å². The number of fused-ring (bicyclic) bond motifs is 1. The number of nitriles is 1. The van der Waals surface area contributed by atoms with Gasteiger partial charge in [0.05, 0.1) is 53.2 Å². The molecule has 0 amide bonds. The monoisotopic (exact) mass is 630 g/mol. The van der Waals surface area contributed by atoms with Crippen molar-refractivity contribution in [2.24, 2.45) is 0 Å². The molecule has 44 heavy (non-hydrogen) atoms. The second-order valence-corrected chi connectivity index (χ2v) is 13.5. The van der Waals surface area contributed by atoms with Gasteiger partial charge in [-0.05, 0) is 54.7 Å². The maximum absolute atomic E-state index is 13.9. The molecule has 2 heterocycles. The summed E-state index contributed by atoms with van der Waals surface area (Å²) in [5.74, 6) is -0.510. The van der Waals surface area contributed by atoms with E-state index in [0.717, 1.165) is 18.4 Å². The van der Waals surface area contributed by atoms with E-state index in [0.29, 0.717) is 33.5 Å². The van der Waals surface area contributed by atoms with E-state index in [1.807, 2.05) is 30.3 Å². The third-order valence-electron chi connectivity index (χ3n) is 7.43. The summed E-state index contributed by atoms with van der Waals surface area (Å²) >= 11 is 6.76. The maximum Gasteiger partial charge on any atom is 0.147 e. The first-order valence-corrected chi connectivity index (χ1v) is 16.5. The van der Waals surface area contributed by atoms with Gasteiger partial charge in [0, 0.05) is 23.5 Å². The molecule has 5 aromatic rings. The van der Waals surface area contributed by atoms with E-state index >= 15 is 0 Å². The molecule has 0 spiro atoms. The number of sulfone groups is 1. The van der Waals surface area contributed by atoms with Gasteiger partial charge in [0.2, 0.25) is 0 Å². The minimum atomic E-state index is -3.27. The number of benzene rings is 3. The number of aromatic nitrogens is 4. The predicted molar refractivity (Wildman–Crippen MR) is 169 cm³/mol. The number of halogens is 2. The lowest BCUT2D eigenvalue weighted by Crippen LogP contribution is -2.17. The second-order valence-electron chi connectivity index (χ2n) is 10.9. The van der Waals surface area contributed by atoms with Gasteiger partial charge in [-0.15, -0.1) is 5.10 Å². The summed E-state index contributed by atoms with van der Waals surface area (Å²) in [7, 11) is -3.27. The molecule has 2 aromatic heterocycles. The zero-order valence-corrected chi connectivity index (χ0v) is 25.3. The van der Waals surface area contributed by atoms with E-state index in [9.17, 15) is 19.4 Å². The Bertz CT molecular complexity index is 2020. The van der Waals surface area contributed by atoms with Gasteiger partial charge in [0.25, 0.3) is 0 Å². The highest BCUT2D eigenvalue weighted by molar-refractivity contribution is 7.90. The van der Waals surface area contributed by atoms with E-state index in [2.05, 4.69) is 32.0 Å². The van der Waals surface area contributed by atoms with E-state index in [4.69, 9.17) is 11.6 Å². The molecule has 2 atom stereocenters. The molecule has 0 aliphatic heterocycles. The Kier molecular flexibility index (Phi) is 7.85. The van der Waals surface area contributed by atoms with Gasteiger partial charge in [-0.2, -0.15) is 5.26 Å². The van der Waals surface area contributed by atoms with E-state index in [-0.39, 0.29) is 28.8 Å². The van der Waals surface area contributed by atoms with Gasteiger partial charge in [-0.25, -0.2) is 17.5 Å². The summed E-state index contributed by atoms with van der Waals surface area (Å²) in [6, 6.07) is 18.6. The first kappa shape index (κ1) is 28.3.